The number of rotatable bonds is 4. The number of nitrogen functional groups attached to an aromatic ring is 1. The van der Waals surface area contributed by atoms with E-state index in [0.717, 1.165) is 28.2 Å². The van der Waals surface area contributed by atoms with Crippen molar-refractivity contribution in [1.29, 1.82) is 0 Å². The Balaban J connectivity index is 1.83. The molecule has 1 amide bonds. The van der Waals surface area contributed by atoms with Crippen LogP contribution in [-0.4, -0.2) is 21.7 Å². The van der Waals surface area contributed by atoms with E-state index in [2.05, 4.69) is 17.3 Å². The Labute approximate surface area is 122 Å². The van der Waals surface area contributed by atoms with E-state index in [0.29, 0.717) is 10.6 Å². The smallest absolute Gasteiger partial charge is 0.263 e. The summed E-state index contributed by atoms with van der Waals surface area (Å²) in [5.41, 5.74) is 7.58. The minimum atomic E-state index is -0.0590. The second kappa shape index (κ2) is 4.77. The predicted molar refractivity (Wildman–Crippen MR) is 82.0 cm³/mol. The Kier molecular flexibility index (Phi) is 3.20. The topological polar surface area (TPSA) is 72.9 Å². The molecule has 0 saturated heterocycles. The van der Waals surface area contributed by atoms with E-state index in [1.165, 1.54) is 24.2 Å². The van der Waals surface area contributed by atoms with E-state index in [1.807, 2.05) is 14.0 Å². The highest BCUT2D eigenvalue weighted by Gasteiger charge is 2.26. The van der Waals surface area contributed by atoms with Crippen molar-refractivity contribution in [1.82, 2.24) is 15.1 Å². The number of nitrogens with zero attached hydrogens (tertiary/aromatic N) is 2. The molecular weight excluding hydrogens is 272 g/mol. The predicted octanol–water partition coefficient (Wildman–Crippen LogP) is 2.44. The lowest BCUT2D eigenvalue weighted by Crippen LogP contribution is -2.32. The summed E-state index contributed by atoms with van der Waals surface area (Å²) in [5, 5.41) is 8.31. The molecule has 2 heterocycles. The third-order valence-electron chi connectivity index (χ3n) is 3.85. The molecule has 0 bridgehead atoms. The second-order valence-electron chi connectivity index (χ2n) is 5.79. The van der Waals surface area contributed by atoms with Crippen LogP contribution in [0.3, 0.4) is 0 Å². The second-order valence-corrected chi connectivity index (χ2v) is 6.79. The first kappa shape index (κ1) is 13.4. The molecule has 1 fully saturated rings. The van der Waals surface area contributed by atoms with Gasteiger partial charge in [-0.15, -0.1) is 11.3 Å². The molecule has 0 aromatic carbocycles. The summed E-state index contributed by atoms with van der Waals surface area (Å²) in [4.78, 5) is 13.9. The largest absolute Gasteiger partial charge is 0.397 e. The molecule has 3 N–H and O–H groups in total. The van der Waals surface area contributed by atoms with Gasteiger partial charge in [0.1, 0.15) is 9.71 Å². The number of thiophene rings is 1. The molecule has 5 nitrogen and oxygen atoms in total. The summed E-state index contributed by atoms with van der Waals surface area (Å²) in [6.45, 7) is 3.98. The van der Waals surface area contributed by atoms with Gasteiger partial charge in [0.25, 0.3) is 5.91 Å². The van der Waals surface area contributed by atoms with Crippen LogP contribution in [0.4, 0.5) is 5.69 Å². The van der Waals surface area contributed by atoms with Crippen LogP contribution in [0.5, 0.6) is 0 Å². The number of fused-ring (bicyclic) bond motifs is 1. The van der Waals surface area contributed by atoms with E-state index < -0.39 is 0 Å². The first-order valence-electron chi connectivity index (χ1n) is 6.99. The van der Waals surface area contributed by atoms with Crippen molar-refractivity contribution in [2.45, 2.75) is 39.2 Å². The van der Waals surface area contributed by atoms with Crippen molar-refractivity contribution in [3.8, 4) is 0 Å². The highest BCUT2D eigenvalue weighted by atomic mass is 32.1. The zero-order valence-electron chi connectivity index (χ0n) is 12.1. The highest BCUT2D eigenvalue weighted by molar-refractivity contribution is 7.21. The van der Waals surface area contributed by atoms with Crippen LogP contribution in [0, 0.1) is 12.8 Å². The number of hydrogen-bond acceptors (Lipinski definition) is 4. The maximum absolute atomic E-state index is 12.4. The number of carbonyl (C=O) groups excluding carboxylic acids is 1. The first-order valence-corrected chi connectivity index (χ1v) is 7.81. The van der Waals surface area contributed by atoms with Gasteiger partial charge in [0.05, 0.1) is 16.8 Å². The molecule has 0 radical (unpaired) electrons. The molecule has 0 spiro atoms. The Morgan fingerprint density at radius 1 is 1.60 bits per heavy atom. The molecule has 1 unspecified atom stereocenters. The van der Waals surface area contributed by atoms with Gasteiger partial charge < -0.3 is 11.1 Å². The van der Waals surface area contributed by atoms with Crippen molar-refractivity contribution in [2.75, 3.05) is 5.73 Å². The first-order chi connectivity index (χ1) is 9.47. The number of aromatic nitrogens is 2. The SMILES string of the molecule is Cc1nn(C)c2sc(C(=O)NC(C)CC3CC3)c(N)c12. The standard InChI is InChI=1S/C14H20N4OS/c1-7(6-9-4-5-9)16-13(19)12-11(15)10-8(2)17-18(3)14(10)20-12/h7,9H,4-6,15H2,1-3H3,(H,16,19). The van der Waals surface area contributed by atoms with Crippen molar-refractivity contribution >= 4 is 33.1 Å². The normalized spacial score (nSPS) is 16.6. The van der Waals surface area contributed by atoms with Crippen LogP contribution in [0.1, 0.15) is 41.6 Å². The van der Waals surface area contributed by atoms with E-state index in [-0.39, 0.29) is 11.9 Å². The number of aryl methyl sites for hydroxylation is 2. The summed E-state index contributed by atoms with van der Waals surface area (Å²) < 4.78 is 1.79. The number of anilines is 1. The van der Waals surface area contributed by atoms with E-state index in [4.69, 9.17) is 5.73 Å². The van der Waals surface area contributed by atoms with E-state index in [1.54, 1.807) is 4.68 Å². The molecule has 1 aliphatic carbocycles. The fraction of sp³-hybridized carbons (Fsp3) is 0.571. The lowest BCUT2D eigenvalue weighted by atomic mass is 10.1. The minimum absolute atomic E-state index is 0.0590. The van der Waals surface area contributed by atoms with Crippen molar-refractivity contribution in [3.05, 3.63) is 10.6 Å². The van der Waals surface area contributed by atoms with Crippen LogP contribution in [0.25, 0.3) is 10.2 Å². The fourth-order valence-electron chi connectivity index (χ4n) is 2.70. The fourth-order valence-corrected chi connectivity index (χ4v) is 3.79. The highest BCUT2D eigenvalue weighted by Crippen LogP contribution is 2.36. The lowest BCUT2D eigenvalue weighted by molar-refractivity contribution is 0.0942. The van der Waals surface area contributed by atoms with Gasteiger partial charge in [0.15, 0.2) is 0 Å². The number of amides is 1. The average molecular weight is 292 g/mol. The van der Waals surface area contributed by atoms with Gasteiger partial charge in [-0.3, -0.25) is 9.48 Å². The Hall–Kier alpha value is -1.56. The zero-order valence-corrected chi connectivity index (χ0v) is 12.9. The monoisotopic (exact) mass is 292 g/mol. The van der Waals surface area contributed by atoms with Crippen LogP contribution >= 0.6 is 11.3 Å². The van der Waals surface area contributed by atoms with Gasteiger partial charge in [-0.2, -0.15) is 5.10 Å². The van der Waals surface area contributed by atoms with Crippen LogP contribution in [0.2, 0.25) is 0 Å². The summed E-state index contributed by atoms with van der Waals surface area (Å²) in [7, 11) is 1.88. The molecule has 2 aromatic rings. The van der Waals surface area contributed by atoms with Gasteiger partial charge in [0, 0.05) is 13.1 Å². The number of nitrogens with one attached hydrogen (secondary N) is 1. The van der Waals surface area contributed by atoms with E-state index >= 15 is 0 Å². The number of nitrogens with two attached hydrogens (primary N) is 1. The Morgan fingerprint density at radius 2 is 2.30 bits per heavy atom. The molecule has 2 aromatic heterocycles. The minimum Gasteiger partial charge on any atom is -0.397 e. The Bertz CT molecular complexity index is 668. The van der Waals surface area contributed by atoms with Gasteiger partial charge in [-0.1, -0.05) is 12.8 Å². The molecular formula is C14H20N4OS. The molecule has 3 rings (SSSR count). The van der Waals surface area contributed by atoms with Crippen molar-refractivity contribution in [3.63, 3.8) is 0 Å². The van der Waals surface area contributed by atoms with Gasteiger partial charge in [-0.05, 0) is 26.2 Å². The van der Waals surface area contributed by atoms with Gasteiger partial charge in [0.2, 0.25) is 0 Å². The van der Waals surface area contributed by atoms with Crippen LogP contribution < -0.4 is 11.1 Å². The molecule has 108 valence electrons. The quantitative estimate of drug-likeness (QED) is 0.909. The van der Waals surface area contributed by atoms with Gasteiger partial charge >= 0.3 is 0 Å². The zero-order chi connectivity index (χ0) is 14.4. The van der Waals surface area contributed by atoms with Gasteiger partial charge in [-0.25, -0.2) is 0 Å². The van der Waals surface area contributed by atoms with Crippen LogP contribution in [-0.2, 0) is 7.05 Å². The molecule has 6 heteroatoms. The molecule has 1 aliphatic rings. The summed E-state index contributed by atoms with van der Waals surface area (Å²) in [5.74, 6) is 0.743. The molecule has 1 atom stereocenters. The molecule has 20 heavy (non-hydrogen) atoms. The van der Waals surface area contributed by atoms with E-state index in [9.17, 15) is 4.79 Å². The van der Waals surface area contributed by atoms with Crippen molar-refractivity contribution < 1.29 is 4.79 Å². The average Bonchev–Trinajstić information content (AvgIpc) is 3.02. The lowest BCUT2D eigenvalue weighted by Gasteiger charge is -2.12. The summed E-state index contributed by atoms with van der Waals surface area (Å²) in [6.07, 6.45) is 3.67. The molecule has 0 aliphatic heterocycles. The maximum Gasteiger partial charge on any atom is 0.263 e. The molecule has 1 saturated carbocycles. The third-order valence-corrected chi connectivity index (χ3v) is 5.12. The Morgan fingerprint density at radius 3 is 2.90 bits per heavy atom. The number of hydrogen-bond donors (Lipinski definition) is 2. The van der Waals surface area contributed by atoms with Crippen molar-refractivity contribution in [2.24, 2.45) is 13.0 Å². The third kappa shape index (κ3) is 2.28. The van der Waals surface area contributed by atoms with Crippen LogP contribution in [0.15, 0.2) is 0 Å². The number of carbonyl (C=O) groups is 1. The summed E-state index contributed by atoms with van der Waals surface area (Å²) in [6, 6.07) is 0.207. The maximum atomic E-state index is 12.4. The summed E-state index contributed by atoms with van der Waals surface area (Å²) >= 11 is 1.42.